The maximum atomic E-state index is 14.1. The van der Waals surface area contributed by atoms with Crippen molar-refractivity contribution >= 4 is 28.0 Å². The van der Waals surface area contributed by atoms with E-state index in [0.29, 0.717) is 31.5 Å². The number of sulfonamides is 1. The second-order valence-electron chi connectivity index (χ2n) is 11.0. The van der Waals surface area contributed by atoms with Crippen LogP contribution in [-0.4, -0.2) is 66.6 Å². The van der Waals surface area contributed by atoms with Crippen molar-refractivity contribution in [3.05, 3.63) is 65.2 Å². The summed E-state index contributed by atoms with van der Waals surface area (Å²) in [6.07, 6.45) is 1.55. The van der Waals surface area contributed by atoms with Crippen molar-refractivity contribution in [2.75, 3.05) is 17.9 Å². The summed E-state index contributed by atoms with van der Waals surface area (Å²) in [7, 11) is -4.15. The van der Waals surface area contributed by atoms with Crippen molar-refractivity contribution in [2.24, 2.45) is 0 Å². The number of nitrogens with zero attached hydrogens (tertiary/aromatic N) is 3. The van der Waals surface area contributed by atoms with E-state index < -0.39 is 16.1 Å². The number of benzene rings is 2. The van der Waals surface area contributed by atoms with E-state index >= 15 is 0 Å². The van der Waals surface area contributed by atoms with Crippen molar-refractivity contribution in [3.63, 3.8) is 0 Å². The van der Waals surface area contributed by atoms with Gasteiger partial charge in [-0.2, -0.15) is 4.98 Å². The van der Waals surface area contributed by atoms with Crippen LogP contribution in [0.3, 0.4) is 0 Å². The molecule has 3 aromatic rings. The van der Waals surface area contributed by atoms with Gasteiger partial charge < -0.3 is 19.7 Å². The lowest BCUT2D eigenvalue weighted by molar-refractivity contribution is -0.0256. The zero-order chi connectivity index (χ0) is 30.7. The molecule has 0 spiro atoms. The number of ether oxygens (including phenoxy) is 2. The number of carbonyl (C=O) groups excluding carboxylic acids is 2. The normalized spacial score (nSPS) is 21.2. The number of carbonyl (C=O) groups is 2. The van der Waals surface area contributed by atoms with Gasteiger partial charge in [0.05, 0.1) is 16.6 Å². The molecule has 1 aliphatic heterocycles. The number of amides is 2. The molecule has 2 heterocycles. The third kappa shape index (κ3) is 6.58. The molecule has 5 rings (SSSR count). The first-order valence-corrected chi connectivity index (χ1v) is 16.1. The Balaban J connectivity index is 1.56. The zero-order valence-electron chi connectivity index (χ0n) is 24.8. The lowest BCUT2D eigenvalue weighted by Crippen LogP contribution is -2.56. The molecule has 228 valence electrons. The molecule has 2 N–H and O–H groups in total. The fraction of sp³-hybridized carbons (Fsp3) is 0.419. The smallest absolute Gasteiger partial charge is 0.407 e. The molecule has 2 aromatic carbocycles. The second kappa shape index (κ2) is 12.6. The van der Waals surface area contributed by atoms with Crippen molar-refractivity contribution in [1.82, 2.24) is 20.2 Å². The molecule has 12 heteroatoms. The van der Waals surface area contributed by atoms with Crippen LogP contribution in [0.5, 0.6) is 5.88 Å². The van der Waals surface area contributed by atoms with Gasteiger partial charge in [-0.15, -0.1) is 0 Å². The molecule has 0 unspecified atom stereocenters. The summed E-state index contributed by atoms with van der Waals surface area (Å²) in [6, 6.07) is 13.0. The molecule has 2 amide bonds. The van der Waals surface area contributed by atoms with E-state index in [4.69, 9.17) is 9.47 Å². The van der Waals surface area contributed by atoms with E-state index in [1.807, 2.05) is 45.9 Å². The predicted octanol–water partition coefficient (Wildman–Crippen LogP) is 4.84. The summed E-state index contributed by atoms with van der Waals surface area (Å²) in [6.45, 7) is 8.36. The third-order valence-electron chi connectivity index (χ3n) is 7.79. The zero-order valence-corrected chi connectivity index (χ0v) is 25.6. The Bertz CT molecular complexity index is 1600. The monoisotopic (exact) mass is 607 g/mol. The van der Waals surface area contributed by atoms with E-state index in [0.717, 1.165) is 23.1 Å². The molecule has 2 aliphatic rings. The summed E-state index contributed by atoms with van der Waals surface area (Å²) in [4.78, 5) is 36.7. The van der Waals surface area contributed by atoms with Gasteiger partial charge in [-0.25, -0.2) is 22.9 Å². The van der Waals surface area contributed by atoms with Gasteiger partial charge in [-0.1, -0.05) is 37.6 Å². The number of alkyl carbamates (subject to hydrolysis) is 1. The van der Waals surface area contributed by atoms with Crippen LogP contribution < -0.4 is 14.8 Å². The Morgan fingerprint density at radius 1 is 1.09 bits per heavy atom. The van der Waals surface area contributed by atoms with Gasteiger partial charge in [0, 0.05) is 42.6 Å². The highest BCUT2D eigenvalue weighted by molar-refractivity contribution is 7.92. The SMILES string of the molecule is CCC[C@@H]1COc2cc(-c3c(C)cccc3C)nc(n2)NS(=O)(=O)c2cccc(c2)C(=O)N1C1CC(OC(=O)NCC)C1. The molecule has 1 saturated carbocycles. The molecule has 0 radical (unpaired) electrons. The van der Waals surface area contributed by atoms with Gasteiger partial charge >= 0.3 is 6.09 Å². The average Bonchev–Trinajstić information content (AvgIpc) is 2.94. The summed E-state index contributed by atoms with van der Waals surface area (Å²) in [5.41, 5.74) is 3.56. The third-order valence-corrected chi connectivity index (χ3v) is 9.11. The quantitative estimate of drug-likeness (QED) is 0.406. The molecular weight excluding hydrogens is 570 g/mol. The van der Waals surface area contributed by atoms with Crippen LogP contribution in [-0.2, 0) is 14.8 Å². The van der Waals surface area contributed by atoms with E-state index in [2.05, 4.69) is 20.0 Å². The summed E-state index contributed by atoms with van der Waals surface area (Å²) in [5.74, 6) is -0.246. The summed E-state index contributed by atoms with van der Waals surface area (Å²) >= 11 is 0. The van der Waals surface area contributed by atoms with Crippen molar-refractivity contribution in [2.45, 2.75) is 76.5 Å². The van der Waals surface area contributed by atoms with Gasteiger partial charge in [0.15, 0.2) is 0 Å². The number of anilines is 1. The van der Waals surface area contributed by atoms with Crippen LogP contribution in [0.1, 0.15) is 61.0 Å². The summed E-state index contributed by atoms with van der Waals surface area (Å²) in [5, 5.41) is 2.63. The minimum Gasteiger partial charge on any atom is -0.475 e. The molecule has 11 nitrogen and oxygen atoms in total. The molecule has 43 heavy (non-hydrogen) atoms. The highest BCUT2D eigenvalue weighted by Crippen LogP contribution is 2.34. The Morgan fingerprint density at radius 3 is 2.51 bits per heavy atom. The standard InChI is InChI=1S/C31H37N5O6S/c1-5-9-22-18-41-27-17-26(28-19(3)10-7-11-20(28)4)33-30(34-27)35-43(39,40)25-13-8-12-21(14-25)29(37)36(22)23-15-24(16-23)42-31(38)32-6-2/h7-8,10-14,17,22-24H,5-6,9,15-16,18H2,1-4H3,(H,32,38)(H,33,34,35)/t22-,23?,24?/m1/s1. The molecule has 0 saturated heterocycles. The van der Waals surface area contributed by atoms with Gasteiger partial charge in [0.25, 0.3) is 15.9 Å². The maximum absolute atomic E-state index is 14.1. The van der Waals surface area contributed by atoms with Crippen molar-refractivity contribution < 1.29 is 27.5 Å². The van der Waals surface area contributed by atoms with Gasteiger partial charge in [0.2, 0.25) is 11.8 Å². The molecule has 1 atom stereocenters. The molecule has 1 fully saturated rings. The number of aromatic nitrogens is 2. The number of fused-ring (bicyclic) bond motifs is 4. The van der Waals surface area contributed by atoms with Crippen LogP contribution in [0.25, 0.3) is 11.3 Å². The second-order valence-corrected chi connectivity index (χ2v) is 12.6. The minimum absolute atomic E-state index is 0.0841. The topological polar surface area (TPSA) is 140 Å². The van der Waals surface area contributed by atoms with E-state index in [-0.39, 0.29) is 53.0 Å². The van der Waals surface area contributed by atoms with Crippen LogP contribution >= 0.6 is 0 Å². The first-order valence-electron chi connectivity index (χ1n) is 14.6. The van der Waals surface area contributed by atoms with Crippen LogP contribution in [0.15, 0.2) is 53.4 Å². The first kappa shape index (κ1) is 30.3. The Labute approximate surface area is 252 Å². The predicted molar refractivity (Wildman–Crippen MR) is 162 cm³/mol. The van der Waals surface area contributed by atoms with E-state index in [9.17, 15) is 18.0 Å². The fourth-order valence-corrected chi connectivity index (χ4v) is 6.65. The lowest BCUT2D eigenvalue weighted by atomic mass is 9.86. The van der Waals surface area contributed by atoms with E-state index in [1.165, 1.54) is 12.1 Å². The number of hydrogen-bond donors (Lipinski definition) is 2. The lowest BCUT2D eigenvalue weighted by Gasteiger charge is -2.45. The Kier molecular flexibility index (Phi) is 8.86. The number of rotatable bonds is 6. The van der Waals surface area contributed by atoms with Crippen LogP contribution in [0.4, 0.5) is 10.7 Å². The Morgan fingerprint density at radius 2 is 1.81 bits per heavy atom. The number of aryl methyl sites for hydroxylation is 2. The highest BCUT2D eigenvalue weighted by Gasteiger charge is 2.42. The number of hydrogen-bond acceptors (Lipinski definition) is 8. The van der Waals surface area contributed by atoms with Gasteiger partial charge in [-0.05, 0) is 56.5 Å². The number of nitrogens with one attached hydrogen (secondary N) is 2. The molecule has 1 aromatic heterocycles. The summed E-state index contributed by atoms with van der Waals surface area (Å²) < 4.78 is 41.2. The highest BCUT2D eigenvalue weighted by atomic mass is 32.2. The van der Waals surface area contributed by atoms with E-state index in [1.54, 1.807) is 23.1 Å². The van der Waals surface area contributed by atoms with Crippen molar-refractivity contribution in [3.8, 4) is 17.1 Å². The first-order chi connectivity index (χ1) is 20.6. The maximum Gasteiger partial charge on any atom is 0.407 e. The largest absolute Gasteiger partial charge is 0.475 e. The van der Waals surface area contributed by atoms with Gasteiger partial charge in [-0.3, -0.25) is 4.79 Å². The minimum atomic E-state index is -4.15. The Hall–Kier alpha value is -4.19. The van der Waals surface area contributed by atoms with Crippen LogP contribution in [0, 0.1) is 13.8 Å². The van der Waals surface area contributed by atoms with Gasteiger partial charge in [0.1, 0.15) is 12.7 Å². The fourth-order valence-electron chi connectivity index (χ4n) is 5.66. The molecule has 1 aliphatic carbocycles. The van der Waals surface area contributed by atoms with Crippen LogP contribution in [0.2, 0.25) is 0 Å². The molecular formula is C31H37N5O6S. The molecule has 4 bridgehead atoms. The van der Waals surface area contributed by atoms with Crippen molar-refractivity contribution in [1.29, 1.82) is 0 Å². The average molecular weight is 608 g/mol.